The van der Waals surface area contributed by atoms with Gasteiger partial charge in [-0.2, -0.15) is 5.10 Å². The zero-order valence-electron chi connectivity index (χ0n) is 14.9. The molecule has 1 fully saturated rings. The van der Waals surface area contributed by atoms with Crippen LogP contribution in [0.5, 0.6) is 5.75 Å². The number of ether oxygens (including phenoxy) is 2. The molecule has 0 radical (unpaired) electrons. The van der Waals surface area contributed by atoms with Crippen molar-refractivity contribution in [3.63, 3.8) is 0 Å². The quantitative estimate of drug-likeness (QED) is 0.731. The molecule has 0 aliphatic carbocycles. The van der Waals surface area contributed by atoms with Gasteiger partial charge in [-0.1, -0.05) is 0 Å². The monoisotopic (exact) mass is 362 g/mol. The van der Waals surface area contributed by atoms with Crippen LogP contribution in [0.2, 0.25) is 0 Å². The fourth-order valence-corrected chi connectivity index (χ4v) is 3.10. The highest BCUT2D eigenvalue weighted by Gasteiger charge is 2.34. The number of amides is 1. The molecule has 2 atom stereocenters. The van der Waals surface area contributed by atoms with E-state index in [0.717, 1.165) is 5.56 Å². The summed E-state index contributed by atoms with van der Waals surface area (Å²) in [6.07, 6.45) is 3.70. The summed E-state index contributed by atoms with van der Waals surface area (Å²) >= 11 is 0. The van der Waals surface area contributed by atoms with E-state index in [1.807, 2.05) is 13.2 Å². The molecular formula is C18H23FN4O3. The molecule has 7 nitrogen and oxygen atoms in total. The number of aromatic nitrogens is 2. The molecule has 2 heterocycles. The van der Waals surface area contributed by atoms with Crippen LogP contribution < -0.4 is 15.4 Å². The summed E-state index contributed by atoms with van der Waals surface area (Å²) in [7, 11) is 3.40. The number of methoxy groups -OCH3 is 1. The Labute approximate surface area is 151 Å². The number of nitrogens with zero attached hydrogens (tertiary/aromatic N) is 2. The second-order valence-corrected chi connectivity index (χ2v) is 6.29. The lowest BCUT2D eigenvalue weighted by molar-refractivity contribution is -0.119. The van der Waals surface area contributed by atoms with Gasteiger partial charge in [-0.05, 0) is 17.7 Å². The third kappa shape index (κ3) is 4.20. The van der Waals surface area contributed by atoms with Crippen molar-refractivity contribution >= 4 is 11.6 Å². The van der Waals surface area contributed by atoms with Crippen LogP contribution in [0, 0.1) is 11.7 Å². The number of anilines is 1. The standard InChI is InChI=1S/C18H23FN4O3/c1-23-11-12(8-21-23)14-9-20-10-15(14)18(24)22-13-3-4-17(16(19)7-13)26-6-5-25-2/h3-4,7-8,11,14-15,20H,5-6,9-10H2,1-2H3,(H,22,24)/t14-,15+/m1/s1. The lowest BCUT2D eigenvalue weighted by Gasteiger charge is -2.17. The third-order valence-electron chi connectivity index (χ3n) is 4.45. The van der Waals surface area contributed by atoms with Gasteiger partial charge >= 0.3 is 0 Å². The molecule has 26 heavy (non-hydrogen) atoms. The first kappa shape index (κ1) is 18.3. The Hall–Kier alpha value is -2.45. The summed E-state index contributed by atoms with van der Waals surface area (Å²) in [5.41, 5.74) is 1.43. The average molecular weight is 362 g/mol. The number of benzene rings is 1. The largest absolute Gasteiger partial charge is 0.488 e. The number of carbonyl (C=O) groups is 1. The maximum atomic E-state index is 14.1. The molecule has 0 bridgehead atoms. The molecule has 2 N–H and O–H groups in total. The Morgan fingerprint density at radius 2 is 2.27 bits per heavy atom. The van der Waals surface area contributed by atoms with Gasteiger partial charge in [-0.15, -0.1) is 0 Å². The number of rotatable bonds is 7. The van der Waals surface area contributed by atoms with E-state index in [0.29, 0.717) is 25.4 Å². The van der Waals surface area contributed by atoms with Gasteiger partial charge in [0.1, 0.15) is 6.61 Å². The summed E-state index contributed by atoms with van der Waals surface area (Å²) in [6.45, 7) is 1.93. The van der Waals surface area contributed by atoms with Crippen LogP contribution in [-0.4, -0.2) is 49.1 Å². The first-order valence-corrected chi connectivity index (χ1v) is 8.50. The predicted octanol–water partition coefficient (Wildman–Crippen LogP) is 1.53. The van der Waals surface area contributed by atoms with Crippen molar-refractivity contribution in [2.45, 2.75) is 5.92 Å². The number of carbonyl (C=O) groups excluding carboxylic acids is 1. The molecule has 1 saturated heterocycles. The molecule has 0 spiro atoms. The van der Waals surface area contributed by atoms with E-state index in [1.165, 1.54) is 12.1 Å². The zero-order chi connectivity index (χ0) is 18.5. The zero-order valence-corrected chi connectivity index (χ0v) is 14.9. The van der Waals surface area contributed by atoms with Crippen LogP contribution in [0.4, 0.5) is 10.1 Å². The Morgan fingerprint density at radius 3 is 2.96 bits per heavy atom. The molecule has 1 aliphatic rings. The fourth-order valence-electron chi connectivity index (χ4n) is 3.10. The van der Waals surface area contributed by atoms with E-state index in [1.54, 1.807) is 24.1 Å². The maximum Gasteiger partial charge on any atom is 0.229 e. The predicted molar refractivity (Wildman–Crippen MR) is 94.7 cm³/mol. The molecule has 1 aliphatic heterocycles. The Kier molecular flexibility index (Phi) is 5.85. The number of hydrogen-bond donors (Lipinski definition) is 2. The minimum absolute atomic E-state index is 0.0465. The summed E-state index contributed by atoms with van der Waals surface area (Å²) in [5.74, 6) is -0.718. The Bertz CT molecular complexity index is 765. The van der Waals surface area contributed by atoms with Crippen LogP contribution in [0.15, 0.2) is 30.6 Å². The molecule has 1 aromatic heterocycles. The lowest BCUT2D eigenvalue weighted by Crippen LogP contribution is -2.28. The second kappa shape index (κ2) is 8.29. The topological polar surface area (TPSA) is 77.4 Å². The van der Waals surface area contributed by atoms with Gasteiger partial charge in [0.25, 0.3) is 0 Å². The minimum Gasteiger partial charge on any atom is -0.488 e. The van der Waals surface area contributed by atoms with Gasteiger partial charge in [0, 0.05) is 51.1 Å². The van der Waals surface area contributed by atoms with Crippen molar-refractivity contribution in [1.29, 1.82) is 0 Å². The molecule has 140 valence electrons. The molecule has 8 heteroatoms. The second-order valence-electron chi connectivity index (χ2n) is 6.29. The van der Waals surface area contributed by atoms with E-state index < -0.39 is 5.82 Å². The highest BCUT2D eigenvalue weighted by Crippen LogP contribution is 2.29. The molecular weight excluding hydrogens is 339 g/mol. The van der Waals surface area contributed by atoms with Crippen LogP contribution in [0.3, 0.4) is 0 Å². The van der Waals surface area contributed by atoms with Crippen molar-refractivity contribution in [2.24, 2.45) is 13.0 Å². The fraction of sp³-hybridized carbons (Fsp3) is 0.444. The van der Waals surface area contributed by atoms with Crippen LogP contribution in [0.25, 0.3) is 0 Å². The minimum atomic E-state index is -0.521. The SMILES string of the molecule is COCCOc1ccc(NC(=O)[C@H]2CNC[C@@H]2c2cnn(C)c2)cc1F. The number of aryl methyl sites for hydroxylation is 1. The van der Waals surface area contributed by atoms with Crippen LogP contribution >= 0.6 is 0 Å². The van der Waals surface area contributed by atoms with Crippen molar-refractivity contribution < 1.29 is 18.7 Å². The first-order valence-electron chi connectivity index (χ1n) is 8.50. The van der Waals surface area contributed by atoms with Gasteiger partial charge in [0.15, 0.2) is 11.6 Å². The van der Waals surface area contributed by atoms with E-state index in [2.05, 4.69) is 15.7 Å². The van der Waals surface area contributed by atoms with Gasteiger partial charge in [-0.3, -0.25) is 9.48 Å². The van der Waals surface area contributed by atoms with Crippen molar-refractivity contribution in [3.05, 3.63) is 42.0 Å². The smallest absolute Gasteiger partial charge is 0.229 e. The summed E-state index contributed by atoms with van der Waals surface area (Å²) < 4.78 is 26.0. The third-order valence-corrected chi connectivity index (χ3v) is 4.45. The van der Waals surface area contributed by atoms with Crippen LogP contribution in [0.1, 0.15) is 11.5 Å². The average Bonchev–Trinajstić information content (AvgIpc) is 3.25. The van der Waals surface area contributed by atoms with Crippen molar-refractivity contribution in [2.75, 3.05) is 38.7 Å². The summed E-state index contributed by atoms with van der Waals surface area (Å²) in [4.78, 5) is 12.7. The highest BCUT2D eigenvalue weighted by atomic mass is 19.1. The van der Waals surface area contributed by atoms with Crippen molar-refractivity contribution in [3.8, 4) is 5.75 Å². The van der Waals surface area contributed by atoms with E-state index in [9.17, 15) is 9.18 Å². The van der Waals surface area contributed by atoms with Crippen molar-refractivity contribution in [1.82, 2.24) is 15.1 Å². The summed E-state index contributed by atoms with van der Waals surface area (Å²) in [6, 6.07) is 4.40. The van der Waals surface area contributed by atoms with E-state index in [-0.39, 0.29) is 30.1 Å². The van der Waals surface area contributed by atoms with E-state index >= 15 is 0 Å². The number of nitrogens with one attached hydrogen (secondary N) is 2. The van der Waals surface area contributed by atoms with Gasteiger partial charge in [-0.25, -0.2) is 4.39 Å². The van der Waals surface area contributed by atoms with Gasteiger partial charge in [0.05, 0.1) is 18.7 Å². The number of halogens is 1. The lowest BCUT2D eigenvalue weighted by atomic mass is 9.90. The Morgan fingerprint density at radius 1 is 1.42 bits per heavy atom. The Balaban J connectivity index is 1.64. The maximum absolute atomic E-state index is 14.1. The normalized spacial score (nSPS) is 19.5. The van der Waals surface area contributed by atoms with Gasteiger partial charge in [0.2, 0.25) is 5.91 Å². The van der Waals surface area contributed by atoms with Crippen LogP contribution in [-0.2, 0) is 16.6 Å². The molecule has 0 saturated carbocycles. The molecule has 1 amide bonds. The summed E-state index contributed by atoms with van der Waals surface area (Å²) in [5, 5.41) is 10.2. The molecule has 2 aromatic rings. The molecule has 0 unspecified atom stereocenters. The van der Waals surface area contributed by atoms with E-state index in [4.69, 9.17) is 9.47 Å². The molecule has 3 rings (SSSR count). The number of hydrogen-bond acceptors (Lipinski definition) is 5. The first-order chi connectivity index (χ1) is 12.6. The van der Waals surface area contributed by atoms with Gasteiger partial charge < -0.3 is 20.1 Å². The molecule has 1 aromatic carbocycles. The highest BCUT2D eigenvalue weighted by molar-refractivity contribution is 5.93.